The normalized spacial score (nSPS) is 10.7. The number of carbonyl (C=O) groups excluding carboxylic acids is 1. The fraction of sp³-hybridized carbons (Fsp3) is 0.500. The third kappa shape index (κ3) is 1.47. The third-order valence-corrected chi connectivity index (χ3v) is 1.70. The predicted octanol–water partition coefficient (Wildman–Crippen LogP) is -0.0930. The van der Waals surface area contributed by atoms with Crippen LogP contribution in [0.3, 0.4) is 0 Å². The van der Waals surface area contributed by atoms with Crippen molar-refractivity contribution < 1.29 is 9.90 Å². The van der Waals surface area contributed by atoms with Crippen molar-refractivity contribution in [2.24, 2.45) is 7.05 Å². The van der Waals surface area contributed by atoms with Gasteiger partial charge in [-0.2, -0.15) is 5.10 Å². The molecule has 4 nitrogen and oxygen atoms in total. The number of carbonyl (C=O) groups is 1. The van der Waals surface area contributed by atoms with Gasteiger partial charge in [-0.3, -0.25) is 4.68 Å². The van der Waals surface area contributed by atoms with Gasteiger partial charge >= 0.3 is 0 Å². The van der Waals surface area contributed by atoms with Gasteiger partial charge < -0.3 is 9.90 Å². The molecule has 0 saturated carbocycles. The summed E-state index contributed by atoms with van der Waals surface area (Å²) in [7, 11) is 1.59. The second-order valence-electron chi connectivity index (χ2n) is 3.02. The van der Waals surface area contributed by atoms with Crippen molar-refractivity contribution in [3.8, 4) is 0 Å². The van der Waals surface area contributed by atoms with E-state index in [9.17, 15) is 9.90 Å². The minimum atomic E-state index is -1.18. The molecule has 1 rings (SSSR count). The molecule has 12 heavy (non-hydrogen) atoms. The summed E-state index contributed by atoms with van der Waals surface area (Å²) in [4.78, 5) is 10.5. The number of aromatic carboxylic acids is 1. The summed E-state index contributed by atoms with van der Waals surface area (Å²) in [6.45, 7) is 3.92. The highest BCUT2D eigenvalue weighted by Crippen LogP contribution is 2.12. The molecule has 0 spiro atoms. The maximum absolute atomic E-state index is 10.5. The Morgan fingerprint density at radius 3 is 2.50 bits per heavy atom. The predicted molar refractivity (Wildman–Crippen MR) is 41.6 cm³/mol. The maximum atomic E-state index is 10.5. The van der Waals surface area contributed by atoms with Crippen LogP contribution < -0.4 is 5.11 Å². The van der Waals surface area contributed by atoms with Gasteiger partial charge in [-0.05, 0) is 12.0 Å². The van der Waals surface area contributed by atoms with Crippen molar-refractivity contribution >= 4 is 5.97 Å². The Hall–Kier alpha value is -1.32. The fourth-order valence-electron chi connectivity index (χ4n) is 0.963. The lowest BCUT2D eigenvalue weighted by atomic mass is 10.1. The minimum Gasteiger partial charge on any atom is -0.543 e. The molecule has 0 saturated heterocycles. The average Bonchev–Trinajstić information content (AvgIpc) is 2.30. The number of hydrogen-bond acceptors (Lipinski definition) is 3. The highest BCUT2D eigenvalue weighted by molar-refractivity contribution is 5.83. The number of nitrogens with zero attached hydrogens (tertiary/aromatic N) is 2. The molecule has 0 radical (unpaired) electrons. The Morgan fingerprint density at radius 1 is 1.67 bits per heavy atom. The molecule has 1 aromatic heterocycles. The van der Waals surface area contributed by atoms with Crippen molar-refractivity contribution in [3.63, 3.8) is 0 Å². The highest BCUT2D eigenvalue weighted by atomic mass is 16.4. The molecule has 66 valence electrons. The van der Waals surface area contributed by atoms with E-state index in [1.54, 1.807) is 13.1 Å². The Morgan fingerprint density at radius 2 is 2.25 bits per heavy atom. The first-order valence-electron chi connectivity index (χ1n) is 3.77. The molecule has 0 aliphatic heterocycles. The molecule has 0 aromatic carbocycles. The van der Waals surface area contributed by atoms with Crippen LogP contribution in [0.2, 0.25) is 0 Å². The van der Waals surface area contributed by atoms with Crippen molar-refractivity contribution in [2.75, 3.05) is 0 Å². The Bertz CT molecular complexity index is 302. The molecule has 4 heteroatoms. The molecule has 0 fully saturated rings. The van der Waals surface area contributed by atoms with Gasteiger partial charge in [0.15, 0.2) is 0 Å². The van der Waals surface area contributed by atoms with E-state index in [2.05, 4.69) is 5.10 Å². The lowest BCUT2D eigenvalue weighted by Gasteiger charge is -1.99. The van der Waals surface area contributed by atoms with Crippen LogP contribution in [0.1, 0.15) is 35.9 Å². The Labute approximate surface area is 70.8 Å². The second kappa shape index (κ2) is 2.97. The summed E-state index contributed by atoms with van der Waals surface area (Å²) in [5, 5.41) is 14.5. The summed E-state index contributed by atoms with van der Waals surface area (Å²) in [6, 6.07) is 1.54. The van der Waals surface area contributed by atoms with Crippen LogP contribution in [0.25, 0.3) is 0 Å². The number of carboxylic acids is 1. The molecule has 1 aromatic rings. The van der Waals surface area contributed by atoms with E-state index < -0.39 is 5.97 Å². The number of aromatic nitrogens is 2. The molecule has 0 aliphatic carbocycles. The van der Waals surface area contributed by atoms with Gasteiger partial charge in [0, 0.05) is 7.05 Å². The molecule has 0 N–H and O–H groups in total. The van der Waals surface area contributed by atoms with E-state index in [1.807, 2.05) is 13.8 Å². The Balaban J connectivity index is 3.09. The zero-order valence-electron chi connectivity index (χ0n) is 7.37. The van der Waals surface area contributed by atoms with E-state index in [1.165, 1.54) is 4.68 Å². The van der Waals surface area contributed by atoms with Gasteiger partial charge in [0.25, 0.3) is 0 Å². The SMILES string of the molecule is CC(C)c1cc(C(=O)[O-])n(C)n1. The summed E-state index contributed by atoms with van der Waals surface area (Å²) in [5.74, 6) is -0.943. The summed E-state index contributed by atoms with van der Waals surface area (Å²) in [6.07, 6.45) is 0. The lowest BCUT2D eigenvalue weighted by molar-refractivity contribution is -0.255. The number of rotatable bonds is 2. The van der Waals surface area contributed by atoms with Crippen LogP contribution in [0.4, 0.5) is 0 Å². The minimum absolute atomic E-state index is 0.124. The molecule has 0 unspecified atom stereocenters. The van der Waals surface area contributed by atoms with E-state index in [-0.39, 0.29) is 11.6 Å². The van der Waals surface area contributed by atoms with Crippen molar-refractivity contribution in [1.82, 2.24) is 9.78 Å². The van der Waals surface area contributed by atoms with Crippen LogP contribution in [-0.2, 0) is 7.05 Å². The van der Waals surface area contributed by atoms with Gasteiger partial charge in [-0.15, -0.1) is 0 Å². The molecular formula is C8H11N2O2-. The van der Waals surface area contributed by atoms with E-state index >= 15 is 0 Å². The van der Waals surface area contributed by atoms with Gasteiger partial charge in [0.1, 0.15) is 0 Å². The van der Waals surface area contributed by atoms with E-state index in [4.69, 9.17) is 0 Å². The van der Waals surface area contributed by atoms with Crippen LogP contribution in [0, 0.1) is 0 Å². The smallest absolute Gasteiger partial charge is 0.0896 e. The molecule has 0 bridgehead atoms. The van der Waals surface area contributed by atoms with Crippen LogP contribution >= 0.6 is 0 Å². The van der Waals surface area contributed by atoms with Crippen molar-refractivity contribution in [1.29, 1.82) is 0 Å². The largest absolute Gasteiger partial charge is 0.543 e. The summed E-state index contributed by atoms with van der Waals surface area (Å²) < 4.78 is 1.32. The quantitative estimate of drug-likeness (QED) is 0.618. The number of carboxylic acid groups (broad SMARTS) is 1. The zero-order valence-corrected chi connectivity index (χ0v) is 7.37. The second-order valence-corrected chi connectivity index (χ2v) is 3.02. The van der Waals surface area contributed by atoms with Crippen molar-refractivity contribution in [2.45, 2.75) is 19.8 Å². The average molecular weight is 167 g/mol. The molecule has 1 heterocycles. The van der Waals surface area contributed by atoms with Crippen molar-refractivity contribution in [3.05, 3.63) is 17.5 Å². The summed E-state index contributed by atoms with van der Waals surface area (Å²) in [5.41, 5.74) is 0.899. The first-order chi connectivity index (χ1) is 5.52. The monoisotopic (exact) mass is 167 g/mol. The van der Waals surface area contributed by atoms with Gasteiger partial charge in [0.05, 0.1) is 17.4 Å². The Kier molecular flexibility index (Phi) is 2.17. The van der Waals surface area contributed by atoms with Gasteiger partial charge in [-0.25, -0.2) is 0 Å². The van der Waals surface area contributed by atoms with Crippen LogP contribution in [0.15, 0.2) is 6.07 Å². The summed E-state index contributed by atoms with van der Waals surface area (Å²) >= 11 is 0. The first-order valence-corrected chi connectivity index (χ1v) is 3.77. The first kappa shape index (κ1) is 8.77. The van der Waals surface area contributed by atoms with E-state index in [0.29, 0.717) is 0 Å². The standard InChI is InChI=1S/C8H12N2O2/c1-5(2)6-4-7(8(11)12)10(3)9-6/h4-5H,1-3H3,(H,11,12)/p-1. The van der Waals surface area contributed by atoms with Crippen LogP contribution in [0.5, 0.6) is 0 Å². The molecule has 0 aliphatic rings. The fourth-order valence-corrected chi connectivity index (χ4v) is 0.963. The highest BCUT2D eigenvalue weighted by Gasteiger charge is 2.07. The molecular weight excluding hydrogens is 156 g/mol. The maximum Gasteiger partial charge on any atom is 0.0896 e. The molecule has 0 amide bonds. The van der Waals surface area contributed by atoms with Gasteiger partial charge in [-0.1, -0.05) is 13.8 Å². The number of hydrogen-bond donors (Lipinski definition) is 0. The third-order valence-electron chi connectivity index (χ3n) is 1.70. The number of aryl methyl sites for hydroxylation is 1. The molecule has 0 atom stereocenters. The van der Waals surface area contributed by atoms with E-state index in [0.717, 1.165) is 5.69 Å². The van der Waals surface area contributed by atoms with Crippen LogP contribution in [-0.4, -0.2) is 15.7 Å². The van der Waals surface area contributed by atoms with Gasteiger partial charge in [0.2, 0.25) is 0 Å². The topological polar surface area (TPSA) is 57.9 Å². The zero-order chi connectivity index (χ0) is 9.30. The lowest BCUT2D eigenvalue weighted by Crippen LogP contribution is -2.24.